The molecular weight excluding hydrogens is 212 g/mol. The molecule has 1 N–H and O–H groups in total. The Bertz CT molecular complexity index is 351. The minimum Gasteiger partial charge on any atom is -0.354 e. The first-order chi connectivity index (χ1) is 7.78. The van der Waals surface area contributed by atoms with Gasteiger partial charge in [-0.15, -0.1) is 0 Å². The lowest BCUT2D eigenvalue weighted by molar-refractivity contribution is 0.254. The topological polar surface area (TPSA) is 41.1 Å². The van der Waals surface area contributed by atoms with Crippen molar-refractivity contribution in [1.29, 1.82) is 0 Å². The highest BCUT2D eigenvalue weighted by molar-refractivity contribution is 5.27. The molecular formula is C13H24N4. The van der Waals surface area contributed by atoms with Crippen molar-refractivity contribution in [2.45, 2.75) is 27.7 Å². The highest BCUT2D eigenvalue weighted by Crippen LogP contribution is 2.16. The van der Waals surface area contributed by atoms with Crippen LogP contribution in [0, 0.1) is 19.3 Å². The van der Waals surface area contributed by atoms with Gasteiger partial charge in [0.15, 0.2) is 0 Å². The molecule has 1 aromatic rings. The maximum absolute atomic E-state index is 4.38. The van der Waals surface area contributed by atoms with Crippen molar-refractivity contribution in [2.24, 2.45) is 5.41 Å². The van der Waals surface area contributed by atoms with Crippen molar-refractivity contribution in [3.8, 4) is 0 Å². The third kappa shape index (κ3) is 5.13. The Labute approximate surface area is 104 Å². The predicted octanol–water partition coefficient (Wildman–Crippen LogP) is 2.09. The van der Waals surface area contributed by atoms with Crippen LogP contribution >= 0.6 is 0 Å². The van der Waals surface area contributed by atoms with E-state index in [0.29, 0.717) is 0 Å². The van der Waals surface area contributed by atoms with Crippen molar-refractivity contribution in [3.63, 3.8) is 0 Å². The van der Waals surface area contributed by atoms with E-state index in [1.807, 2.05) is 19.9 Å². The minimum atomic E-state index is 0.199. The van der Waals surface area contributed by atoms with Gasteiger partial charge in [-0.05, 0) is 39.4 Å². The Balaban J connectivity index is 2.60. The summed E-state index contributed by atoms with van der Waals surface area (Å²) in [6.45, 7) is 10.4. The van der Waals surface area contributed by atoms with Crippen LogP contribution < -0.4 is 5.32 Å². The molecule has 4 nitrogen and oxygen atoms in total. The van der Waals surface area contributed by atoms with E-state index in [0.717, 1.165) is 30.4 Å². The first kappa shape index (κ1) is 13.9. The average molecular weight is 236 g/mol. The zero-order valence-electron chi connectivity index (χ0n) is 11.8. The molecule has 0 saturated heterocycles. The van der Waals surface area contributed by atoms with Crippen molar-refractivity contribution < 1.29 is 0 Å². The van der Waals surface area contributed by atoms with Gasteiger partial charge in [0.25, 0.3) is 0 Å². The molecule has 0 fully saturated rings. The Kier molecular flexibility index (Phi) is 4.46. The molecule has 0 aliphatic carbocycles. The van der Waals surface area contributed by atoms with Gasteiger partial charge < -0.3 is 10.2 Å². The number of aryl methyl sites for hydroxylation is 2. The summed E-state index contributed by atoms with van der Waals surface area (Å²) in [5.41, 5.74) is 2.21. The van der Waals surface area contributed by atoms with Crippen LogP contribution in [0.4, 0.5) is 5.95 Å². The average Bonchev–Trinajstić information content (AvgIpc) is 2.11. The molecule has 0 saturated carbocycles. The summed E-state index contributed by atoms with van der Waals surface area (Å²) in [4.78, 5) is 11.0. The van der Waals surface area contributed by atoms with Gasteiger partial charge in [0, 0.05) is 24.5 Å². The lowest BCUT2D eigenvalue weighted by Crippen LogP contribution is -2.34. The van der Waals surface area contributed by atoms with Crippen LogP contribution in [0.2, 0.25) is 0 Å². The zero-order valence-corrected chi connectivity index (χ0v) is 11.8. The van der Waals surface area contributed by atoms with Gasteiger partial charge >= 0.3 is 0 Å². The molecule has 0 aromatic carbocycles. The molecule has 0 unspecified atom stereocenters. The number of nitrogens with zero attached hydrogens (tertiary/aromatic N) is 3. The third-order valence-corrected chi connectivity index (χ3v) is 2.45. The van der Waals surface area contributed by atoms with Gasteiger partial charge in [-0.3, -0.25) is 0 Å². The highest BCUT2D eigenvalue weighted by Gasteiger charge is 2.19. The third-order valence-electron chi connectivity index (χ3n) is 2.45. The number of aromatic nitrogens is 2. The molecule has 96 valence electrons. The van der Waals surface area contributed by atoms with Crippen molar-refractivity contribution >= 4 is 5.95 Å². The lowest BCUT2D eigenvalue weighted by Gasteiger charge is -2.28. The molecule has 17 heavy (non-hydrogen) atoms. The second-order valence-electron chi connectivity index (χ2n) is 5.73. The van der Waals surface area contributed by atoms with Crippen molar-refractivity contribution in [1.82, 2.24) is 14.9 Å². The molecule has 1 aromatic heterocycles. The Morgan fingerprint density at radius 1 is 1.18 bits per heavy atom. The second-order valence-corrected chi connectivity index (χ2v) is 5.73. The quantitative estimate of drug-likeness (QED) is 0.850. The molecule has 4 heteroatoms. The number of hydrogen-bond donors (Lipinski definition) is 1. The summed E-state index contributed by atoms with van der Waals surface area (Å²) in [5, 5.41) is 3.32. The van der Waals surface area contributed by atoms with Crippen LogP contribution in [0.15, 0.2) is 6.07 Å². The molecule has 0 amide bonds. The highest BCUT2D eigenvalue weighted by atomic mass is 15.1. The fourth-order valence-corrected chi connectivity index (χ4v) is 2.04. The maximum atomic E-state index is 4.38. The van der Waals surface area contributed by atoms with Crippen LogP contribution in [0.3, 0.4) is 0 Å². The van der Waals surface area contributed by atoms with E-state index in [2.05, 4.69) is 48.1 Å². The van der Waals surface area contributed by atoms with Crippen LogP contribution in [0.1, 0.15) is 25.2 Å². The molecule has 0 atom stereocenters. The van der Waals surface area contributed by atoms with Gasteiger partial charge in [-0.25, -0.2) is 9.97 Å². The zero-order chi connectivity index (χ0) is 13.1. The predicted molar refractivity (Wildman–Crippen MR) is 72.3 cm³/mol. The maximum Gasteiger partial charge on any atom is 0.223 e. The molecule has 0 spiro atoms. The molecule has 0 aliphatic rings. The van der Waals surface area contributed by atoms with Gasteiger partial charge in [0.1, 0.15) is 0 Å². The Morgan fingerprint density at radius 3 is 2.18 bits per heavy atom. The van der Waals surface area contributed by atoms with Gasteiger partial charge in [0.2, 0.25) is 5.95 Å². The first-order valence-corrected chi connectivity index (χ1v) is 5.99. The van der Waals surface area contributed by atoms with Crippen LogP contribution in [-0.2, 0) is 0 Å². The monoisotopic (exact) mass is 236 g/mol. The summed E-state index contributed by atoms with van der Waals surface area (Å²) >= 11 is 0. The number of nitrogens with one attached hydrogen (secondary N) is 1. The van der Waals surface area contributed by atoms with Gasteiger partial charge in [0.05, 0.1) is 0 Å². The number of anilines is 1. The minimum absolute atomic E-state index is 0.199. The van der Waals surface area contributed by atoms with Crippen molar-refractivity contribution in [2.75, 3.05) is 32.5 Å². The second kappa shape index (κ2) is 5.45. The van der Waals surface area contributed by atoms with Crippen LogP contribution in [0.5, 0.6) is 0 Å². The largest absolute Gasteiger partial charge is 0.354 e. The van der Waals surface area contributed by atoms with E-state index in [1.165, 1.54) is 0 Å². The van der Waals surface area contributed by atoms with Gasteiger partial charge in [-0.2, -0.15) is 0 Å². The van der Waals surface area contributed by atoms with E-state index >= 15 is 0 Å². The van der Waals surface area contributed by atoms with E-state index in [-0.39, 0.29) is 5.41 Å². The first-order valence-electron chi connectivity index (χ1n) is 5.99. The molecule has 0 bridgehead atoms. The molecule has 0 aliphatic heterocycles. The standard InChI is InChI=1S/C13H24N4/c1-10-7-11(2)16-12(15-10)14-8-13(3,4)9-17(5)6/h7H,8-9H2,1-6H3,(H,14,15,16). The fourth-order valence-electron chi connectivity index (χ4n) is 2.04. The van der Waals surface area contributed by atoms with Crippen LogP contribution in [0.25, 0.3) is 0 Å². The molecule has 0 radical (unpaired) electrons. The fraction of sp³-hybridized carbons (Fsp3) is 0.692. The van der Waals surface area contributed by atoms with Crippen LogP contribution in [-0.4, -0.2) is 42.1 Å². The summed E-state index contributed by atoms with van der Waals surface area (Å²) < 4.78 is 0. The van der Waals surface area contributed by atoms with E-state index < -0.39 is 0 Å². The normalized spacial score (nSPS) is 11.9. The Morgan fingerprint density at radius 2 is 1.71 bits per heavy atom. The Hall–Kier alpha value is -1.16. The van der Waals surface area contributed by atoms with E-state index in [4.69, 9.17) is 0 Å². The van der Waals surface area contributed by atoms with Gasteiger partial charge in [-0.1, -0.05) is 13.8 Å². The molecule has 1 heterocycles. The summed E-state index contributed by atoms with van der Waals surface area (Å²) in [6.07, 6.45) is 0. The van der Waals surface area contributed by atoms with E-state index in [1.54, 1.807) is 0 Å². The van der Waals surface area contributed by atoms with E-state index in [9.17, 15) is 0 Å². The molecule has 1 rings (SSSR count). The van der Waals surface area contributed by atoms with Crippen molar-refractivity contribution in [3.05, 3.63) is 17.5 Å². The summed E-state index contributed by atoms with van der Waals surface area (Å²) in [7, 11) is 4.18. The summed E-state index contributed by atoms with van der Waals surface area (Å²) in [5.74, 6) is 0.731. The number of rotatable bonds is 5. The smallest absolute Gasteiger partial charge is 0.223 e. The lowest BCUT2D eigenvalue weighted by atomic mass is 9.93. The summed E-state index contributed by atoms with van der Waals surface area (Å²) in [6, 6.07) is 1.98. The number of hydrogen-bond acceptors (Lipinski definition) is 4. The SMILES string of the molecule is Cc1cc(C)nc(NCC(C)(C)CN(C)C)n1.